The summed E-state index contributed by atoms with van der Waals surface area (Å²) in [5.41, 5.74) is 2.03. The van der Waals surface area contributed by atoms with Crippen molar-refractivity contribution in [3.8, 4) is 0 Å². The van der Waals surface area contributed by atoms with Gasteiger partial charge in [-0.2, -0.15) is 0 Å². The first kappa shape index (κ1) is 21.2. The Morgan fingerprint density at radius 3 is 2.62 bits per heavy atom. The Morgan fingerprint density at radius 1 is 1.33 bits per heavy atom. The number of nitrogens with zero attached hydrogens (tertiary/aromatic N) is 1. The van der Waals surface area contributed by atoms with E-state index in [1.165, 1.54) is 31.7 Å². The van der Waals surface area contributed by atoms with E-state index in [2.05, 4.69) is 22.5 Å². The van der Waals surface area contributed by atoms with Gasteiger partial charge in [-0.05, 0) is 42.4 Å². The van der Waals surface area contributed by atoms with Crippen molar-refractivity contribution in [2.75, 3.05) is 20.7 Å². The molecular weight excluding hydrogens is 420 g/mol. The van der Waals surface area contributed by atoms with E-state index in [0.717, 1.165) is 18.1 Å². The molecule has 1 aromatic carbocycles. The third kappa shape index (κ3) is 5.58. The fourth-order valence-electron chi connectivity index (χ4n) is 3.01. The van der Waals surface area contributed by atoms with Gasteiger partial charge in [-0.1, -0.05) is 19.4 Å². The smallest absolute Gasteiger partial charge is 0.191 e. The van der Waals surface area contributed by atoms with Gasteiger partial charge >= 0.3 is 0 Å². The van der Waals surface area contributed by atoms with Crippen LogP contribution in [0.15, 0.2) is 23.2 Å². The van der Waals surface area contributed by atoms with Crippen molar-refractivity contribution in [3.05, 3.63) is 35.1 Å². The normalized spacial score (nSPS) is 16.1. The largest absolute Gasteiger partial charge is 0.380 e. The van der Waals surface area contributed by atoms with Gasteiger partial charge in [0.2, 0.25) is 0 Å². The molecule has 0 unspecified atom stereocenters. The number of methoxy groups -OCH3 is 1. The van der Waals surface area contributed by atoms with Crippen molar-refractivity contribution in [2.24, 2.45) is 10.4 Å². The number of halogens is 2. The van der Waals surface area contributed by atoms with E-state index in [1.807, 2.05) is 6.07 Å². The highest BCUT2D eigenvalue weighted by molar-refractivity contribution is 14.0. The molecule has 1 saturated carbocycles. The zero-order valence-electron chi connectivity index (χ0n) is 14.8. The third-order valence-electron chi connectivity index (χ3n) is 4.89. The molecule has 1 aliphatic rings. The van der Waals surface area contributed by atoms with Crippen LogP contribution >= 0.6 is 24.0 Å². The fraction of sp³-hybridized carbons (Fsp3) is 0.611. The lowest BCUT2D eigenvalue weighted by atomic mass is 9.67. The third-order valence-corrected chi connectivity index (χ3v) is 4.89. The minimum atomic E-state index is -0.229. The van der Waals surface area contributed by atoms with Crippen LogP contribution in [0.3, 0.4) is 0 Å². The van der Waals surface area contributed by atoms with Crippen LogP contribution in [0.1, 0.15) is 43.7 Å². The first-order valence-electron chi connectivity index (χ1n) is 8.33. The molecule has 0 saturated heterocycles. The molecule has 1 aliphatic carbocycles. The van der Waals surface area contributed by atoms with E-state index in [9.17, 15) is 4.39 Å². The zero-order chi connectivity index (χ0) is 16.7. The summed E-state index contributed by atoms with van der Waals surface area (Å²) in [5.74, 6) is 0.565. The molecule has 1 fully saturated rings. The Morgan fingerprint density at radius 2 is 2.08 bits per heavy atom. The molecule has 0 aromatic heterocycles. The first-order chi connectivity index (χ1) is 11.1. The fourth-order valence-corrected chi connectivity index (χ4v) is 3.01. The number of benzene rings is 1. The predicted octanol–water partition coefficient (Wildman–Crippen LogP) is 3.84. The Labute approximate surface area is 161 Å². The maximum atomic E-state index is 13.6. The van der Waals surface area contributed by atoms with Crippen LogP contribution < -0.4 is 10.6 Å². The number of guanidine groups is 1. The van der Waals surface area contributed by atoms with Crippen molar-refractivity contribution in [3.63, 3.8) is 0 Å². The molecule has 0 spiro atoms. The van der Waals surface area contributed by atoms with E-state index < -0.39 is 0 Å². The summed E-state index contributed by atoms with van der Waals surface area (Å²) in [6.45, 7) is 4.11. The van der Waals surface area contributed by atoms with Gasteiger partial charge < -0.3 is 15.4 Å². The Balaban J connectivity index is 0.00000288. The van der Waals surface area contributed by atoms with Crippen molar-refractivity contribution in [1.82, 2.24) is 10.6 Å². The molecule has 0 atom stereocenters. The lowest BCUT2D eigenvalue weighted by Gasteiger charge is -2.41. The number of ether oxygens (including phenoxy) is 1. The molecule has 136 valence electrons. The SMILES string of the molecule is CCC1(CNC(=NC)NCc2ccc(F)c(COC)c2)CCC1.I. The van der Waals surface area contributed by atoms with Crippen LogP contribution in [0.25, 0.3) is 0 Å². The number of rotatable bonds is 7. The highest BCUT2D eigenvalue weighted by atomic mass is 127. The van der Waals surface area contributed by atoms with Crippen molar-refractivity contribution in [2.45, 2.75) is 45.8 Å². The number of nitrogens with one attached hydrogen (secondary N) is 2. The van der Waals surface area contributed by atoms with Gasteiger partial charge in [0, 0.05) is 32.8 Å². The molecule has 4 nitrogen and oxygen atoms in total. The summed E-state index contributed by atoms with van der Waals surface area (Å²) >= 11 is 0. The van der Waals surface area contributed by atoms with Crippen LogP contribution in [0.2, 0.25) is 0 Å². The number of aliphatic imine (C=N–C) groups is 1. The zero-order valence-corrected chi connectivity index (χ0v) is 17.2. The van der Waals surface area contributed by atoms with Crippen molar-refractivity contribution >= 4 is 29.9 Å². The van der Waals surface area contributed by atoms with Crippen LogP contribution in [0.5, 0.6) is 0 Å². The molecule has 0 amide bonds. The average molecular weight is 449 g/mol. The second-order valence-corrected chi connectivity index (χ2v) is 6.35. The summed E-state index contributed by atoms with van der Waals surface area (Å²) in [5, 5.41) is 6.72. The van der Waals surface area contributed by atoms with Crippen LogP contribution in [-0.2, 0) is 17.9 Å². The van der Waals surface area contributed by atoms with E-state index in [-0.39, 0.29) is 36.4 Å². The van der Waals surface area contributed by atoms with Gasteiger partial charge in [-0.3, -0.25) is 4.99 Å². The van der Waals surface area contributed by atoms with E-state index >= 15 is 0 Å². The highest BCUT2D eigenvalue weighted by Gasteiger charge is 2.34. The molecule has 0 radical (unpaired) electrons. The molecular formula is C18H29FIN3O. The first-order valence-corrected chi connectivity index (χ1v) is 8.33. The van der Waals surface area contributed by atoms with Gasteiger partial charge in [0.15, 0.2) is 5.96 Å². The minimum absolute atomic E-state index is 0. The second kappa shape index (κ2) is 10.2. The Hall–Kier alpha value is -0.890. The maximum Gasteiger partial charge on any atom is 0.191 e. The molecule has 24 heavy (non-hydrogen) atoms. The lowest BCUT2D eigenvalue weighted by molar-refractivity contribution is 0.131. The monoisotopic (exact) mass is 449 g/mol. The summed E-state index contributed by atoms with van der Waals surface area (Å²) < 4.78 is 18.6. The van der Waals surface area contributed by atoms with Gasteiger partial charge in [-0.15, -0.1) is 24.0 Å². The van der Waals surface area contributed by atoms with Gasteiger partial charge in [0.05, 0.1) is 6.61 Å². The quantitative estimate of drug-likeness (QED) is 0.378. The summed E-state index contributed by atoms with van der Waals surface area (Å²) in [6, 6.07) is 5.11. The summed E-state index contributed by atoms with van der Waals surface area (Å²) in [4.78, 5) is 4.27. The molecule has 1 aromatic rings. The molecule has 2 rings (SSSR count). The van der Waals surface area contributed by atoms with E-state index in [1.54, 1.807) is 20.2 Å². The molecule has 0 bridgehead atoms. The number of hydrogen-bond donors (Lipinski definition) is 2. The summed E-state index contributed by atoms with van der Waals surface area (Å²) in [7, 11) is 3.34. The molecule has 2 N–H and O–H groups in total. The average Bonchev–Trinajstić information content (AvgIpc) is 2.52. The minimum Gasteiger partial charge on any atom is -0.380 e. The maximum absolute atomic E-state index is 13.6. The standard InChI is InChI=1S/C18H28FN3O.HI/c1-4-18(8-5-9-18)13-22-17(20-2)21-11-14-6-7-16(19)15(10-14)12-23-3;/h6-7,10H,4-5,8-9,11-13H2,1-3H3,(H2,20,21,22);1H. The van der Waals surface area contributed by atoms with E-state index in [0.29, 0.717) is 17.5 Å². The Bertz CT molecular complexity index is 542. The van der Waals surface area contributed by atoms with Crippen LogP contribution in [0.4, 0.5) is 4.39 Å². The van der Waals surface area contributed by atoms with Crippen LogP contribution in [0, 0.1) is 11.2 Å². The van der Waals surface area contributed by atoms with Gasteiger partial charge in [0.1, 0.15) is 5.82 Å². The number of hydrogen-bond acceptors (Lipinski definition) is 2. The van der Waals surface area contributed by atoms with Crippen molar-refractivity contribution in [1.29, 1.82) is 0 Å². The van der Waals surface area contributed by atoms with Crippen LogP contribution in [-0.4, -0.2) is 26.7 Å². The predicted molar refractivity (Wildman–Crippen MR) is 107 cm³/mol. The second-order valence-electron chi connectivity index (χ2n) is 6.35. The molecule has 0 aliphatic heterocycles. The van der Waals surface area contributed by atoms with Gasteiger partial charge in [-0.25, -0.2) is 4.39 Å². The molecule has 6 heteroatoms. The van der Waals surface area contributed by atoms with E-state index in [4.69, 9.17) is 4.74 Å². The molecule has 0 heterocycles. The van der Waals surface area contributed by atoms with Gasteiger partial charge in [0.25, 0.3) is 0 Å². The lowest BCUT2D eigenvalue weighted by Crippen LogP contribution is -2.46. The Kier molecular flexibility index (Phi) is 8.97. The highest BCUT2D eigenvalue weighted by Crippen LogP contribution is 2.42. The topological polar surface area (TPSA) is 45.7 Å². The van der Waals surface area contributed by atoms with Crippen molar-refractivity contribution < 1.29 is 9.13 Å². The summed E-state index contributed by atoms with van der Waals surface area (Å²) in [6.07, 6.45) is 5.13.